The minimum atomic E-state index is -0.0924. The molecule has 0 bridgehead atoms. The largest absolute Gasteiger partial charge is 0.375 e. The Morgan fingerprint density at radius 3 is 2.81 bits per heavy atom. The number of carbonyl (C=O) groups is 1. The first-order valence-corrected chi connectivity index (χ1v) is 9.82. The normalized spacial score (nSPS) is 36.5. The molecule has 1 N–H and O–H groups in total. The van der Waals surface area contributed by atoms with Gasteiger partial charge in [0.25, 0.3) is 0 Å². The van der Waals surface area contributed by atoms with Crippen molar-refractivity contribution in [2.45, 2.75) is 57.5 Å². The smallest absolute Gasteiger partial charge is 0.143 e. The van der Waals surface area contributed by atoms with Gasteiger partial charge < -0.3 is 10.1 Å². The topological polar surface area (TPSA) is 38.3 Å². The van der Waals surface area contributed by atoms with E-state index in [1.807, 2.05) is 11.8 Å². The molecule has 0 amide bonds. The number of ketones is 1. The van der Waals surface area contributed by atoms with Crippen LogP contribution in [0.3, 0.4) is 0 Å². The third-order valence-corrected chi connectivity index (χ3v) is 6.93. The number of thioether (sulfide) groups is 1. The average molecular weight is 311 g/mol. The average Bonchev–Trinajstić information content (AvgIpc) is 2.55. The first-order valence-electron chi connectivity index (χ1n) is 8.66. The van der Waals surface area contributed by atoms with Crippen LogP contribution in [0.5, 0.6) is 0 Å². The maximum absolute atomic E-state index is 13.2. The maximum Gasteiger partial charge on any atom is 0.143 e. The quantitative estimate of drug-likeness (QED) is 0.869. The molecule has 21 heavy (non-hydrogen) atoms. The van der Waals surface area contributed by atoms with E-state index in [4.69, 9.17) is 4.74 Å². The van der Waals surface area contributed by atoms with Crippen molar-refractivity contribution in [3.05, 3.63) is 0 Å². The van der Waals surface area contributed by atoms with Gasteiger partial charge in [-0.2, -0.15) is 11.8 Å². The van der Waals surface area contributed by atoms with E-state index in [9.17, 15) is 4.79 Å². The minimum Gasteiger partial charge on any atom is -0.375 e. The lowest BCUT2D eigenvalue weighted by molar-refractivity contribution is -0.148. The van der Waals surface area contributed by atoms with Crippen LogP contribution in [0, 0.1) is 11.3 Å². The summed E-state index contributed by atoms with van der Waals surface area (Å²) in [5.41, 5.74) is -0.0638. The Morgan fingerprint density at radius 1 is 1.33 bits per heavy atom. The van der Waals surface area contributed by atoms with Gasteiger partial charge in [0.15, 0.2) is 0 Å². The van der Waals surface area contributed by atoms with Gasteiger partial charge in [0.1, 0.15) is 5.78 Å². The van der Waals surface area contributed by atoms with E-state index < -0.39 is 0 Å². The second kappa shape index (κ2) is 6.59. The monoisotopic (exact) mass is 311 g/mol. The second-order valence-corrected chi connectivity index (χ2v) is 8.34. The molecular weight excluding hydrogens is 282 g/mol. The van der Waals surface area contributed by atoms with Crippen LogP contribution in [0.2, 0.25) is 0 Å². The summed E-state index contributed by atoms with van der Waals surface area (Å²) in [6.45, 7) is 4.94. The molecule has 3 saturated heterocycles. The van der Waals surface area contributed by atoms with Crippen LogP contribution in [0.4, 0.5) is 0 Å². The van der Waals surface area contributed by atoms with Gasteiger partial charge in [-0.3, -0.25) is 4.79 Å². The van der Waals surface area contributed by atoms with Crippen molar-refractivity contribution < 1.29 is 9.53 Å². The molecule has 3 heterocycles. The first-order chi connectivity index (χ1) is 10.2. The van der Waals surface area contributed by atoms with Crippen molar-refractivity contribution >= 4 is 17.5 Å². The predicted octanol–water partition coefficient (Wildman–Crippen LogP) is 3.03. The van der Waals surface area contributed by atoms with Gasteiger partial charge in [-0.05, 0) is 63.0 Å². The van der Waals surface area contributed by atoms with Crippen LogP contribution >= 0.6 is 11.8 Å². The molecule has 2 atom stereocenters. The molecule has 3 aliphatic rings. The third kappa shape index (κ3) is 3.18. The molecule has 0 aromatic carbocycles. The van der Waals surface area contributed by atoms with Gasteiger partial charge >= 0.3 is 0 Å². The Hall–Kier alpha value is -0.0600. The standard InChI is InChI=1S/C17H29NO2S/c1-2-16(5-3-8-18-13-16)15(19)14-4-9-20-17(12-14)6-10-21-11-7-17/h14,18H,2-13H2,1H3. The number of Topliss-reactive ketones (excluding diaryl/α,β-unsaturated/α-hetero) is 1. The molecule has 0 radical (unpaired) electrons. The van der Waals surface area contributed by atoms with Crippen LogP contribution < -0.4 is 5.32 Å². The highest BCUT2D eigenvalue weighted by molar-refractivity contribution is 7.99. The number of ether oxygens (including phenoxy) is 1. The van der Waals surface area contributed by atoms with Gasteiger partial charge in [0, 0.05) is 24.5 Å². The molecule has 3 nitrogen and oxygen atoms in total. The lowest BCUT2D eigenvalue weighted by atomic mass is 9.67. The lowest BCUT2D eigenvalue weighted by Crippen LogP contribution is -2.51. The predicted molar refractivity (Wildman–Crippen MR) is 87.8 cm³/mol. The summed E-state index contributed by atoms with van der Waals surface area (Å²) in [6.07, 6.45) is 7.40. The number of piperidine rings is 1. The summed E-state index contributed by atoms with van der Waals surface area (Å²) >= 11 is 2.03. The summed E-state index contributed by atoms with van der Waals surface area (Å²) in [7, 11) is 0. The van der Waals surface area contributed by atoms with Crippen LogP contribution in [0.15, 0.2) is 0 Å². The highest BCUT2D eigenvalue weighted by Crippen LogP contribution is 2.43. The fraction of sp³-hybridized carbons (Fsp3) is 0.941. The van der Waals surface area contributed by atoms with E-state index >= 15 is 0 Å². The fourth-order valence-corrected chi connectivity index (χ4v) is 5.67. The second-order valence-electron chi connectivity index (χ2n) is 7.11. The van der Waals surface area contributed by atoms with Crippen molar-refractivity contribution in [1.29, 1.82) is 0 Å². The third-order valence-electron chi connectivity index (χ3n) is 5.94. The number of nitrogens with one attached hydrogen (secondary N) is 1. The van der Waals surface area contributed by atoms with E-state index in [0.717, 1.165) is 64.6 Å². The molecule has 0 aromatic rings. The summed E-state index contributed by atoms with van der Waals surface area (Å²) in [6, 6.07) is 0. The van der Waals surface area contributed by atoms with E-state index in [0.29, 0.717) is 5.78 Å². The van der Waals surface area contributed by atoms with Gasteiger partial charge in [0.05, 0.1) is 5.60 Å². The number of rotatable bonds is 3. The molecule has 0 aromatic heterocycles. The van der Waals surface area contributed by atoms with E-state index in [-0.39, 0.29) is 16.9 Å². The zero-order chi connectivity index (χ0) is 14.8. The highest BCUT2D eigenvalue weighted by Gasteiger charge is 2.46. The SMILES string of the molecule is CCC1(C(=O)C2CCOC3(CCSCC3)C2)CCCNC1. The molecule has 3 fully saturated rings. The number of hydrogen-bond donors (Lipinski definition) is 1. The molecule has 1 spiro atoms. The van der Waals surface area contributed by atoms with Crippen LogP contribution in [0.25, 0.3) is 0 Å². The van der Waals surface area contributed by atoms with Crippen LogP contribution in [0.1, 0.15) is 51.9 Å². The van der Waals surface area contributed by atoms with Gasteiger partial charge in [-0.15, -0.1) is 0 Å². The Kier molecular flexibility index (Phi) is 4.97. The molecule has 3 rings (SSSR count). The zero-order valence-electron chi connectivity index (χ0n) is 13.3. The Morgan fingerprint density at radius 2 is 2.14 bits per heavy atom. The molecule has 120 valence electrons. The molecule has 0 saturated carbocycles. The van der Waals surface area contributed by atoms with Crippen LogP contribution in [-0.2, 0) is 9.53 Å². The molecular formula is C17H29NO2S. The fourth-order valence-electron chi connectivity index (χ4n) is 4.43. The summed E-state index contributed by atoms with van der Waals surface area (Å²) < 4.78 is 6.16. The number of hydrogen-bond acceptors (Lipinski definition) is 4. The Balaban J connectivity index is 1.71. The number of carbonyl (C=O) groups excluding carboxylic acids is 1. The Labute approximate surface area is 133 Å². The van der Waals surface area contributed by atoms with Crippen molar-refractivity contribution in [3.63, 3.8) is 0 Å². The molecule has 2 unspecified atom stereocenters. The maximum atomic E-state index is 13.2. The molecule has 3 aliphatic heterocycles. The Bertz CT molecular complexity index is 367. The van der Waals surface area contributed by atoms with Gasteiger partial charge in [-0.25, -0.2) is 0 Å². The highest BCUT2D eigenvalue weighted by atomic mass is 32.2. The first kappa shape index (κ1) is 15.8. The van der Waals surface area contributed by atoms with Crippen molar-refractivity contribution in [2.24, 2.45) is 11.3 Å². The van der Waals surface area contributed by atoms with E-state index in [1.54, 1.807) is 0 Å². The summed E-state index contributed by atoms with van der Waals surface area (Å²) in [5.74, 6) is 3.17. The van der Waals surface area contributed by atoms with Crippen molar-refractivity contribution in [1.82, 2.24) is 5.32 Å². The van der Waals surface area contributed by atoms with E-state index in [1.165, 1.54) is 11.5 Å². The lowest BCUT2D eigenvalue weighted by Gasteiger charge is -2.46. The molecule has 4 heteroatoms. The summed E-state index contributed by atoms with van der Waals surface area (Å²) in [4.78, 5) is 13.2. The summed E-state index contributed by atoms with van der Waals surface area (Å²) in [5, 5.41) is 3.46. The minimum absolute atomic E-state index is 0.0286. The van der Waals surface area contributed by atoms with Gasteiger partial charge in [0.2, 0.25) is 0 Å². The van der Waals surface area contributed by atoms with Gasteiger partial charge in [-0.1, -0.05) is 6.92 Å². The van der Waals surface area contributed by atoms with Crippen LogP contribution in [-0.4, -0.2) is 42.6 Å². The van der Waals surface area contributed by atoms with E-state index in [2.05, 4.69) is 12.2 Å². The van der Waals surface area contributed by atoms with Crippen molar-refractivity contribution in [2.75, 3.05) is 31.2 Å². The van der Waals surface area contributed by atoms with Crippen molar-refractivity contribution in [3.8, 4) is 0 Å². The zero-order valence-corrected chi connectivity index (χ0v) is 14.1. The molecule has 0 aliphatic carbocycles.